The summed E-state index contributed by atoms with van der Waals surface area (Å²) in [5.74, 6) is 3.27. The Bertz CT molecular complexity index is 288. The minimum atomic E-state index is 0.239. The van der Waals surface area contributed by atoms with Gasteiger partial charge in [0, 0.05) is 20.2 Å². The number of guanidine groups is 1. The Labute approximate surface area is 104 Å². The highest BCUT2D eigenvalue weighted by molar-refractivity contribution is 5.79. The lowest BCUT2D eigenvalue weighted by Gasteiger charge is -2.29. The number of terminal acetylenes is 1. The van der Waals surface area contributed by atoms with Crippen LogP contribution in [0.1, 0.15) is 32.1 Å². The van der Waals surface area contributed by atoms with Crippen LogP contribution in [0.25, 0.3) is 0 Å². The molecule has 0 atom stereocenters. The summed E-state index contributed by atoms with van der Waals surface area (Å²) in [4.78, 5) is 4.11. The fraction of sp³-hybridized carbons (Fsp3) is 0.769. The van der Waals surface area contributed by atoms with Crippen molar-refractivity contribution < 1.29 is 5.11 Å². The van der Waals surface area contributed by atoms with E-state index >= 15 is 0 Å². The zero-order valence-corrected chi connectivity index (χ0v) is 10.6. The second-order valence-corrected chi connectivity index (χ2v) is 4.66. The molecule has 0 radical (unpaired) electrons. The summed E-state index contributed by atoms with van der Waals surface area (Å²) in [6.07, 6.45) is 11.0. The lowest BCUT2D eigenvalue weighted by molar-refractivity contribution is 0.185. The van der Waals surface area contributed by atoms with Gasteiger partial charge in [-0.2, -0.15) is 0 Å². The molecule has 0 bridgehead atoms. The Morgan fingerprint density at radius 1 is 1.41 bits per heavy atom. The molecule has 4 nitrogen and oxygen atoms in total. The number of hydrogen-bond donors (Lipinski definition) is 3. The molecule has 0 aromatic heterocycles. The molecule has 0 amide bonds. The van der Waals surface area contributed by atoms with Gasteiger partial charge in [0.25, 0.3) is 0 Å². The van der Waals surface area contributed by atoms with Crippen LogP contribution in [0.3, 0.4) is 0 Å². The molecule has 1 aliphatic carbocycles. The van der Waals surface area contributed by atoms with E-state index in [-0.39, 0.29) is 12.0 Å². The Kier molecular flexibility index (Phi) is 5.85. The van der Waals surface area contributed by atoms with E-state index in [0.29, 0.717) is 6.54 Å². The third-order valence-electron chi connectivity index (χ3n) is 3.52. The average Bonchev–Trinajstić information content (AvgIpc) is 2.79. The summed E-state index contributed by atoms with van der Waals surface area (Å²) < 4.78 is 0. The minimum absolute atomic E-state index is 0.239. The lowest BCUT2D eigenvalue weighted by Crippen LogP contribution is -2.43. The van der Waals surface area contributed by atoms with Crippen LogP contribution in [0.5, 0.6) is 0 Å². The molecule has 4 heteroatoms. The van der Waals surface area contributed by atoms with E-state index in [4.69, 9.17) is 11.5 Å². The SMILES string of the molecule is C#CCNC(=NC)NCC1(CCO)CCCC1. The third kappa shape index (κ3) is 4.27. The van der Waals surface area contributed by atoms with Crippen molar-refractivity contribution in [1.29, 1.82) is 0 Å². The van der Waals surface area contributed by atoms with Crippen molar-refractivity contribution in [1.82, 2.24) is 10.6 Å². The van der Waals surface area contributed by atoms with Crippen LogP contribution in [-0.2, 0) is 0 Å². The Hall–Kier alpha value is -1.21. The maximum atomic E-state index is 9.16. The van der Waals surface area contributed by atoms with Crippen LogP contribution in [0, 0.1) is 17.8 Å². The number of hydrogen-bond acceptors (Lipinski definition) is 2. The van der Waals surface area contributed by atoms with Crippen molar-refractivity contribution in [2.45, 2.75) is 32.1 Å². The molecular formula is C13H23N3O. The van der Waals surface area contributed by atoms with Crippen molar-refractivity contribution in [3.63, 3.8) is 0 Å². The first kappa shape index (κ1) is 13.9. The Morgan fingerprint density at radius 2 is 2.12 bits per heavy atom. The van der Waals surface area contributed by atoms with Crippen molar-refractivity contribution in [3.05, 3.63) is 0 Å². The highest BCUT2D eigenvalue weighted by Crippen LogP contribution is 2.40. The zero-order valence-electron chi connectivity index (χ0n) is 10.6. The van der Waals surface area contributed by atoms with Crippen LogP contribution < -0.4 is 10.6 Å². The van der Waals surface area contributed by atoms with Gasteiger partial charge < -0.3 is 15.7 Å². The average molecular weight is 237 g/mol. The highest BCUT2D eigenvalue weighted by atomic mass is 16.3. The van der Waals surface area contributed by atoms with E-state index in [0.717, 1.165) is 18.9 Å². The normalized spacial score (nSPS) is 18.8. The van der Waals surface area contributed by atoms with Gasteiger partial charge in [-0.15, -0.1) is 6.42 Å². The van der Waals surface area contributed by atoms with Gasteiger partial charge in [0.2, 0.25) is 0 Å². The van der Waals surface area contributed by atoms with Crippen LogP contribution in [0.2, 0.25) is 0 Å². The quantitative estimate of drug-likeness (QED) is 0.375. The Morgan fingerprint density at radius 3 is 2.65 bits per heavy atom. The number of aliphatic hydroxyl groups excluding tert-OH is 1. The molecule has 0 aromatic rings. The highest BCUT2D eigenvalue weighted by Gasteiger charge is 2.33. The molecule has 1 aliphatic rings. The summed E-state index contributed by atoms with van der Waals surface area (Å²) in [6, 6.07) is 0. The summed E-state index contributed by atoms with van der Waals surface area (Å²) in [5.41, 5.74) is 0.239. The van der Waals surface area contributed by atoms with Crippen LogP contribution >= 0.6 is 0 Å². The summed E-state index contributed by atoms with van der Waals surface area (Å²) in [6.45, 7) is 1.60. The zero-order chi connectivity index (χ0) is 12.6. The number of nitrogens with zero attached hydrogens (tertiary/aromatic N) is 1. The molecule has 17 heavy (non-hydrogen) atoms. The summed E-state index contributed by atoms with van der Waals surface area (Å²) >= 11 is 0. The fourth-order valence-electron chi connectivity index (χ4n) is 2.50. The maximum Gasteiger partial charge on any atom is 0.191 e. The van der Waals surface area contributed by atoms with Gasteiger partial charge in [-0.05, 0) is 24.7 Å². The second kappa shape index (κ2) is 7.18. The van der Waals surface area contributed by atoms with Crippen molar-refractivity contribution in [3.8, 4) is 12.3 Å². The van der Waals surface area contributed by atoms with Gasteiger partial charge >= 0.3 is 0 Å². The van der Waals surface area contributed by atoms with E-state index in [2.05, 4.69) is 21.5 Å². The predicted octanol–water partition coefficient (Wildman–Crippen LogP) is 0.727. The van der Waals surface area contributed by atoms with Crippen molar-refractivity contribution in [2.75, 3.05) is 26.7 Å². The molecular weight excluding hydrogens is 214 g/mol. The lowest BCUT2D eigenvalue weighted by atomic mass is 9.83. The van der Waals surface area contributed by atoms with Gasteiger partial charge in [-0.1, -0.05) is 18.8 Å². The molecule has 1 saturated carbocycles. The van der Waals surface area contributed by atoms with E-state index < -0.39 is 0 Å². The van der Waals surface area contributed by atoms with Gasteiger partial charge in [0.05, 0.1) is 6.54 Å². The van der Waals surface area contributed by atoms with Gasteiger partial charge in [-0.25, -0.2) is 0 Å². The number of rotatable bonds is 5. The molecule has 1 fully saturated rings. The predicted molar refractivity (Wildman–Crippen MR) is 70.8 cm³/mol. The first-order valence-electron chi connectivity index (χ1n) is 6.25. The monoisotopic (exact) mass is 237 g/mol. The molecule has 3 N–H and O–H groups in total. The second-order valence-electron chi connectivity index (χ2n) is 4.66. The van der Waals surface area contributed by atoms with Gasteiger partial charge in [-0.3, -0.25) is 4.99 Å². The minimum Gasteiger partial charge on any atom is -0.396 e. The Balaban J connectivity index is 2.43. The molecule has 0 unspecified atom stereocenters. The van der Waals surface area contributed by atoms with E-state index in [1.54, 1.807) is 7.05 Å². The number of nitrogens with one attached hydrogen (secondary N) is 2. The molecule has 0 spiro atoms. The topological polar surface area (TPSA) is 56.7 Å². The molecule has 96 valence electrons. The summed E-state index contributed by atoms with van der Waals surface area (Å²) in [5, 5.41) is 15.5. The van der Waals surface area contributed by atoms with Crippen LogP contribution in [0.4, 0.5) is 0 Å². The molecule has 0 aliphatic heterocycles. The molecule has 0 heterocycles. The third-order valence-corrected chi connectivity index (χ3v) is 3.52. The molecule has 1 rings (SSSR count). The number of aliphatic hydroxyl groups is 1. The first-order chi connectivity index (χ1) is 8.26. The first-order valence-corrected chi connectivity index (χ1v) is 6.25. The van der Waals surface area contributed by atoms with Crippen molar-refractivity contribution >= 4 is 5.96 Å². The van der Waals surface area contributed by atoms with Gasteiger partial charge in [0.1, 0.15) is 0 Å². The largest absolute Gasteiger partial charge is 0.396 e. The maximum absolute atomic E-state index is 9.16. The molecule has 0 saturated heterocycles. The smallest absolute Gasteiger partial charge is 0.191 e. The molecule has 0 aromatic carbocycles. The van der Waals surface area contributed by atoms with Crippen molar-refractivity contribution in [2.24, 2.45) is 10.4 Å². The van der Waals surface area contributed by atoms with Crippen LogP contribution in [0.15, 0.2) is 4.99 Å². The number of aliphatic imine (C=N–C) groups is 1. The standard InChI is InChI=1S/C13H23N3O/c1-3-9-15-12(14-2)16-11-13(8-10-17)6-4-5-7-13/h1,17H,4-11H2,2H3,(H2,14,15,16). The van der Waals surface area contributed by atoms with E-state index in [9.17, 15) is 0 Å². The fourth-order valence-corrected chi connectivity index (χ4v) is 2.50. The van der Waals surface area contributed by atoms with E-state index in [1.807, 2.05) is 0 Å². The van der Waals surface area contributed by atoms with E-state index in [1.165, 1.54) is 25.7 Å². The van der Waals surface area contributed by atoms with Crippen LogP contribution in [-0.4, -0.2) is 37.8 Å². The summed E-state index contributed by atoms with van der Waals surface area (Å²) in [7, 11) is 1.74. The van der Waals surface area contributed by atoms with Gasteiger partial charge in [0.15, 0.2) is 5.96 Å².